The molecule has 1 aliphatic carbocycles. The maximum Gasteiger partial charge on any atom is 0.360 e. The van der Waals surface area contributed by atoms with Gasteiger partial charge in [-0.2, -0.15) is 5.10 Å². The smallest absolute Gasteiger partial charge is 0.360 e. The van der Waals surface area contributed by atoms with E-state index < -0.39 is 16.0 Å². The summed E-state index contributed by atoms with van der Waals surface area (Å²) < 4.78 is 33.5. The molecule has 1 aromatic heterocycles. The summed E-state index contributed by atoms with van der Waals surface area (Å²) in [7, 11) is -4.04. The molecule has 21 heavy (non-hydrogen) atoms. The second-order valence-corrected chi connectivity index (χ2v) is 6.38. The number of ether oxygens (including phenoxy) is 2. The first kappa shape index (κ1) is 15.9. The van der Waals surface area contributed by atoms with Crippen LogP contribution < -0.4 is 5.14 Å². The van der Waals surface area contributed by atoms with E-state index in [0.717, 1.165) is 19.3 Å². The number of hydrogen-bond donors (Lipinski definition) is 2. The minimum Gasteiger partial charge on any atom is -0.458 e. The Morgan fingerprint density at radius 3 is 2.67 bits per heavy atom. The van der Waals surface area contributed by atoms with E-state index in [-0.39, 0.29) is 29.7 Å². The number of nitrogens with one attached hydrogen (secondary N) is 1. The first-order valence-electron chi connectivity index (χ1n) is 6.81. The van der Waals surface area contributed by atoms with Gasteiger partial charge < -0.3 is 9.47 Å². The third kappa shape index (κ3) is 4.02. The highest BCUT2D eigenvalue weighted by atomic mass is 32.2. The Morgan fingerprint density at radius 1 is 1.38 bits per heavy atom. The fourth-order valence-electron chi connectivity index (χ4n) is 1.93. The summed E-state index contributed by atoms with van der Waals surface area (Å²) in [5.74, 6) is -0.748. The molecule has 2 rings (SSSR count). The van der Waals surface area contributed by atoms with E-state index in [4.69, 9.17) is 14.6 Å². The van der Waals surface area contributed by atoms with Gasteiger partial charge in [-0.3, -0.25) is 5.10 Å². The van der Waals surface area contributed by atoms with Crippen LogP contribution in [0.5, 0.6) is 0 Å². The van der Waals surface area contributed by atoms with Crippen LogP contribution in [-0.4, -0.2) is 44.4 Å². The number of aromatic amines is 1. The van der Waals surface area contributed by atoms with Gasteiger partial charge in [-0.05, 0) is 19.3 Å². The van der Waals surface area contributed by atoms with E-state index in [1.165, 1.54) is 0 Å². The molecule has 1 fully saturated rings. The van der Waals surface area contributed by atoms with Crippen LogP contribution in [0.15, 0.2) is 4.90 Å². The molecule has 8 nitrogen and oxygen atoms in total. The van der Waals surface area contributed by atoms with Crippen LogP contribution in [0.25, 0.3) is 0 Å². The van der Waals surface area contributed by atoms with Crippen molar-refractivity contribution in [3.05, 3.63) is 11.4 Å². The van der Waals surface area contributed by atoms with Gasteiger partial charge in [0.2, 0.25) is 10.0 Å². The van der Waals surface area contributed by atoms with Gasteiger partial charge >= 0.3 is 5.97 Å². The highest BCUT2D eigenvalue weighted by Crippen LogP contribution is 2.42. The molecule has 0 unspecified atom stereocenters. The number of nitrogens with zero attached hydrogens (tertiary/aromatic N) is 1. The predicted octanol–water partition coefficient (Wildman–Crippen LogP) is 0.518. The molecule has 118 valence electrons. The number of carbonyl (C=O) groups excluding carboxylic acids is 1. The van der Waals surface area contributed by atoms with Crippen LogP contribution in [0.3, 0.4) is 0 Å². The van der Waals surface area contributed by atoms with Crippen LogP contribution in [0.2, 0.25) is 0 Å². The number of rotatable bonds is 8. The first-order valence-corrected chi connectivity index (χ1v) is 8.35. The number of primary sulfonamides is 1. The quantitative estimate of drug-likeness (QED) is 0.532. The van der Waals surface area contributed by atoms with Crippen molar-refractivity contribution in [2.45, 2.75) is 37.0 Å². The van der Waals surface area contributed by atoms with E-state index in [2.05, 4.69) is 10.2 Å². The Labute approximate surface area is 123 Å². The number of esters is 1. The van der Waals surface area contributed by atoms with Gasteiger partial charge in [0.05, 0.1) is 12.3 Å². The van der Waals surface area contributed by atoms with Crippen LogP contribution in [0, 0.1) is 0 Å². The highest BCUT2D eigenvalue weighted by Gasteiger charge is 2.36. The molecule has 0 bridgehead atoms. The second kappa shape index (κ2) is 6.54. The molecule has 0 saturated heterocycles. The van der Waals surface area contributed by atoms with Crippen molar-refractivity contribution in [1.29, 1.82) is 0 Å². The Morgan fingerprint density at radius 2 is 2.10 bits per heavy atom. The number of carbonyl (C=O) groups is 1. The van der Waals surface area contributed by atoms with Crippen LogP contribution in [-0.2, 0) is 19.5 Å². The topological polar surface area (TPSA) is 124 Å². The zero-order chi connectivity index (χ0) is 15.5. The van der Waals surface area contributed by atoms with Gasteiger partial charge in [-0.1, -0.05) is 6.92 Å². The van der Waals surface area contributed by atoms with E-state index in [1.807, 2.05) is 6.92 Å². The van der Waals surface area contributed by atoms with Crippen molar-refractivity contribution in [1.82, 2.24) is 10.2 Å². The number of H-pyrrole nitrogens is 1. The Kier molecular flexibility index (Phi) is 4.96. The zero-order valence-electron chi connectivity index (χ0n) is 11.8. The molecule has 1 aromatic rings. The lowest BCUT2D eigenvalue weighted by Crippen LogP contribution is -2.19. The second-order valence-electron chi connectivity index (χ2n) is 4.88. The Bertz CT molecular complexity index is 606. The first-order chi connectivity index (χ1) is 9.95. The maximum atomic E-state index is 11.9. The molecule has 0 aliphatic heterocycles. The van der Waals surface area contributed by atoms with Crippen LogP contribution in [0.4, 0.5) is 0 Å². The Hall–Kier alpha value is -1.45. The van der Waals surface area contributed by atoms with Crippen LogP contribution >= 0.6 is 0 Å². The van der Waals surface area contributed by atoms with E-state index in [0.29, 0.717) is 12.3 Å². The van der Waals surface area contributed by atoms with Crippen molar-refractivity contribution in [3.8, 4) is 0 Å². The summed E-state index contributed by atoms with van der Waals surface area (Å²) in [6.45, 7) is 2.83. The van der Waals surface area contributed by atoms with Gasteiger partial charge in [0.1, 0.15) is 11.5 Å². The molecule has 0 spiro atoms. The highest BCUT2D eigenvalue weighted by molar-refractivity contribution is 7.89. The van der Waals surface area contributed by atoms with Gasteiger partial charge in [0.25, 0.3) is 0 Å². The zero-order valence-corrected chi connectivity index (χ0v) is 12.6. The largest absolute Gasteiger partial charge is 0.458 e. The fraction of sp³-hybridized carbons (Fsp3) is 0.667. The summed E-state index contributed by atoms with van der Waals surface area (Å²) in [5, 5.41) is 11.5. The fourth-order valence-corrected chi connectivity index (χ4v) is 2.85. The molecule has 9 heteroatoms. The van der Waals surface area contributed by atoms with Gasteiger partial charge in [0, 0.05) is 12.5 Å². The standard InChI is InChI=1S/C12H19N3O5S/c1-2-5-19-6-7-20-12(16)10-11(21(13,17)18)9(14-15-10)8-3-4-8/h8H,2-7H2,1H3,(H,14,15)(H2,13,17,18). The van der Waals surface area contributed by atoms with Gasteiger partial charge in [-0.15, -0.1) is 0 Å². The normalized spacial score (nSPS) is 15.1. The molecule has 1 saturated carbocycles. The molecular formula is C12H19N3O5S. The predicted molar refractivity (Wildman–Crippen MR) is 73.3 cm³/mol. The minimum absolute atomic E-state index is 0.0362. The maximum absolute atomic E-state index is 11.9. The summed E-state index contributed by atoms with van der Waals surface area (Å²) in [4.78, 5) is 11.7. The lowest BCUT2D eigenvalue weighted by Gasteiger charge is -2.05. The molecule has 0 atom stereocenters. The number of hydrogen-bond acceptors (Lipinski definition) is 6. The summed E-state index contributed by atoms with van der Waals surface area (Å²) >= 11 is 0. The Balaban J connectivity index is 2.07. The van der Waals surface area contributed by atoms with E-state index >= 15 is 0 Å². The number of nitrogens with two attached hydrogens (primary N) is 1. The minimum atomic E-state index is -4.04. The summed E-state index contributed by atoms with van der Waals surface area (Å²) in [6, 6.07) is 0. The van der Waals surface area contributed by atoms with Crippen LogP contribution in [0.1, 0.15) is 48.3 Å². The SMILES string of the molecule is CCCOCCOC(=O)c1n[nH]c(C2CC2)c1S(N)(=O)=O. The molecule has 0 radical (unpaired) electrons. The summed E-state index contributed by atoms with van der Waals surface area (Å²) in [5.41, 5.74) is 0.113. The molecule has 1 heterocycles. The lowest BCUT2D eigenvalue weighted by atomic mass is 10.2. The van der Waals surface area contributed by atoms with Gasteiger partial charge in [-0.25, -0.2) is 18.4 Å². The average molecular weight is 317 g/mol. The summed E-state index contributed by atoms with van der Waals surface area (Å²) in [6.07, 6.45) is 2.57. The number of aromatic nitrogens is 2. The van der Waals surface area contributed by atoms with E-state index in [9.17, 15) is 13.2 Å². The molecule has 1 aliphatic rings. The van der Waals surface area contributed by atoms with Crippen molar-refractivity contribution in [3.63, 3.8) is 0 Å². The lowest BCUT2D eigenvalue weighted by molar-refractivity contribution is 0.0309. The molecule has 3 N–H and O–H groups in total. The monoisotopic (exact) mass is 317 g/mol. The molecular weight excluding hydrogens is 298 g/mol. The van der Waals surface area contributed by atoms with Crippen molar-refractivity contribution < 1.29 is 22.7 Å². The van der Waals surface area contributed by atoms with Crippen molar-refractivity contribution in [2.75, 3.05) is 19.8 Å². The number of sulfonamides is 1. The van der Waals surface area contributed by atoms with Crippen molar-refractivity contribution in [2.24, 2.45) is 5.14 Å². The third-order valence-corrected chi connectivity index (χ3v) is 4.00. The average Bonchev–Trinajstić information content (AvgIpc) is 3.15. The third-order valence-electron chi connectivity index (χ3n) is 3.02. The van der Waals surface area contributed by atoms with Crippen molar-refractivity contribution >= 4 is 16.0 Å². The molecule has 0 amide bonds. The van der Waals surface area contributed by atoms with Gasteiger partial charge in [0.15, 0.2) is 5.69 Å². The molecule has 0 aromatic carbocycles. The van der Waals surface area contributed by atoms with E-state index in [1.54, 1.807) is 0 Å².